The molecule has 0 bridgehead atoms. The fourth-order valence-electron chi connectivity index (χ4n) is 2.70. The van der Waals surface area contributed by atoms with Crippen LogP contribution in [0.1, 0.15) is 25.7 Å². The lowest BCUT2D eigenvalue weighted by atomic mass is 10.2. The summed E-state index contributed by atoms with van der Waals surface area (Å²) in [5, 5.41) is 11.8. The minimum Gasteiger partial charge on any atom is -0.480 e. The second kappa shape index (κ2) is 6.04. The van der Waals surface area contributed by atoms with E-state index >= 15 is 0 Å². The summed E-state index contributed by atoms with van der Waals surface area (Å²) >= 11 is 0. The first-order valence-corrected chi connectivity index (χ1v) is 6.68. The predicted octanol–water partition coefficient (Wildman–Crippen LogP) is 0.341. The number of carbonyl (C=O) groups is 2. The number of carboxylic acid groups (broad SMARTS) is 1. The molecule has 6 heteroatoms. The molecule has 2 rings (SSSR count). The summed E-state index contributed by atoms with van der Waals surface area (Å²) in [6, 6.07) is -0.879. The summed E-state index contributed by atoms with van der Waals surface area (Å²) in [6.07, 6.45) is 3.81. The summed E-state index contributed by atoms with van der Waals surface area (Å²) < 4.78 is 0. The van der Waals surface area contributed by atoms with Gasteiger partial charge in [0.15, 0.2) is 0 Å². The maximum atomic E-state index is 11.9. The average molecular weight is 255 g/mol. The quantitative estimate of drug-likeness (QED) is 0.760. The fourth-order valence-corrected chi connectivity index (χ4v) is 2.70. The number of hydrogen-bond acceptors (Lipinski definition) is 3. The Bertz CT molecular complexity index is 316. The van der Waals surface area contributed by atoms with Crippen molar-refractivity contribution >= 4 is 12.0 Å². The lowest BCUT2D eigenvalue weighted by Gasteiger charge is -2.22. The van der Waals surface area contributed by atoms with E-state index in [1.807, 2.05) is 0 Å². The molecule has 2 fully saturated rings. The molecule has 2 heterocycles. The molecule has 2 aliphatic heterocycles. The van der Waals surface area contributed by atoms with Crippen molar-refractivity contribution in [2.75, 3.05) is 32.7 Å². The smallest absolute Gasteiger partial charge is 0.326 e. The first-order chi connectivity index (χ1) is 8.68. The first kappa shape index (κ1) is 13.1. The lowest BCUT2D eigenvalue weighted by molar-refractivity contribution is -0.141. The Morgan fingerprint density at radius 2 is 1.89 bits per heavy atom. The molecule has 2 saturated heterocycles. The highest BCUT2D eigenvalue weighted by Crippen LogP contribution is 2.17. The number of urea groups is 1. The van der Waals surface area contributed by atoms with Gasteiger partial charge in [-0.15, -0.1) is 0 Å². The number of rotatable bonds is 4. The molecule has 2 amide bonds. The van der Waals surface area contributed by atoms with Crippen molar-refractivity contribution in [2.45, 2.75) is 31.7 Å². The van der Waals surface area contributed by atoms with Crippen LogP contribution in [0.4, 0.5) is 4.79 Å². The third-order valence-corrected chi connectivity index (χ3v) is 3.70. The number of aliphatic carboxylic acids is 1. The fraction of sp³-hybridized carbons (Fsp3) is 0.833. The molecule has 0 aliphatic carbocycles. The van der Waals surface area contributed by atoms with Crippen LogP contribution in [0.5, 0.6) is 0 Å². The molecule has 0 aromatic rings. The molecule has 0 saturated carbocycles. The summed E-state index contributed by atoms with van der Waals surface area (Å²) in [5.41, 5.74) is 0. The number of carboxylic acids is 1. The first-order valence-electron chi connectivity index (χ1n) is 6.68. The molecule has 1 atom stereocenters. The minimum atomic E-state index is -0.901. The second-order valence-electron chi connectivity index (χ2n) is 4.97. The van der Waals surface area contributed by atoms with Gasteiger partial charge in [-0.1, -0.05) is 0 Å². The van der Waals surface area contributed by atoms with Gasteiger partial charge in [-0.2, -0.15) is 0 Å². The standard InChI is InChI=1S/C12H21N3O3/c16-11(17)10-4-3-8-15(10)12(18)13-5-9-14-6-1-2-7-14/h10H,1-9H2,(H,13,18)(H,16,17). The van der Waals surface area contributed by atoms with Crippen LogP contribution in [0.25, 0.3) is 0 Å². The van der Waals surface area contributed by atoms with Crippen LogP contribution >= 0.6 is 0 Å². The number of nitrogens with zero attached hydrogens (tertiary/aromatic N) is 2. The number of carbonyl (C=O) groups excluding carboxylic acids is 1. The van der Waals surface area contributed by atoms with Gasteiger partial charge in [0.05, 0.1) is 0 Å². The Balaban J connectivity index is 1.71. The van der Waals surface area contributed by atoms with Gasteiger partial charge in [0.1, 0.15) is 6.04 Å². The van der Waals surface area contributed by atoms with E-state index in [1.54, 1.807) is 0 Å². The van der Waals surface area contributed by atoms with Gasteiger partial charge < -0.3 is 20.2 Å². The van der Waals surface area contributed by atoms with Crippen molar-refractivity contribution in [2.24, 2.45) is 0 Å². The van der Waals surface area contributed by atoms with Crippen molar-refractivity contribution in [1.29, 1.82) is 0 Å². The van der Waals surface area contributed by atoms with E-state index in [2.05, 4.69) is 10.2 Å². The van der Waals surface area contributed by atoms with E-state index < -0.39 is 12.0 Å². The Hall–Kier alpha value is -1.30. The molecule has 0 spiro atoms. The molecule has 1 unspecified atom stereocenters. The van der Waals surface area contributed by atoms with Crippen LogP contribution in [0.15, 0.2) is 0 Å². The zero-order chi connectivity index (χ0) is 13.0. The van der Waals surface area contributed by atoms with Gasteiger partial charge >= 0.3 is 12.0 Å². The predicted molar refractivity (Wildman–Crippen MR) is 66.4 cm³/mol. The van der Waals surface area contributed by atoms with E-state index in [0.717, 1.165) is 26.1 Å². The van der Waals surface area contributed by atoms with Gasteiger partial charge in [-0.05, 0) is 38.8 Å². The van der Waals surface area contributed by atoms with Crippen LogP contribution in [0, 0.1) is 0 Å². The number of likely N-dealkylation sites (tertiary alicyclic amines) is 2. The molecule has 0 aromatic heterocycles. The third-order valence-electron chi connectivity index (χ3n) is 3.70. The molecule has 18 heavy (non-hydrogen) atoms. The SMILES string of the molecule is O=C(O)C1CCCN1C(=O)NCCN1CCCC1. The molecule has 102 valence electrons. The zero-order valence-corrected chi connectivity index (χ0v) is 10.6. The summed E-state index contributed by atoms with van der Waals surface area (Å²) in [7, 11) is 0. The van der Waals surface area contributed by atoms with Crippen molar-refractivity contribution in [3.63, 3.8) is 0 Å². The maximum Gasteiger partial charge on any atom is 0.326 e. The Kier molecular flexibility index (Phi) is 4.41. The molecular weight excluding hydrogens is 234 g/mol. The largest absolute Gasteiger partial charge is 0.480 e. The summed E-state index contributed by atoms with van der Waals surface area (Å²) in [4.78, 5) is 26.6. The highest BCUT2D eigenvalue weighted by atomic mass is 16.4. The van der Waals surface area contributed by atoms with E-state index in [1.165, 1.54) is 17.7 Å². The molecule has 6 nitrogen and oxygen atoms in total. The molecule has 2 aliphatic rings. The lowest BCUT2D eigenvalue weighted by Crippen LogP contribution is -2.47. The van der Waals surface area contributed by atoms with Crippen LogP contribution in [0.2, 0.25) is 0 Å². The summed E-state index contributed by atoms with van der Waals surface area (Å²) in [5.74, 6) is -0.901. The van der Waals surface area contributed by atoms with E-state index in [9.17, 15) is 9.59 Å². The van der Waals surface area contributed by atoms with Crippen LogP contribution in [-0.4, -0.2) is 65.7 Å². The normalized spacial score (nSPS) is 24.4. The monoisotopic (exact) mass is 255 g/mol. The molecule has 0 radical (unpaired) electrons. The van der Waals surface area contributed by atoms with E-state index in [4.69, 9.17) is 5.11 Å². The van der Waals surface area contributed by atoms with E-state index in [-0.39, 0.29) is 6.03 Å². The third kappa shape index (κ3) is 3.13. The Morgan fingerprint density at radius 1 is 1.17 bits per heavy atom. The van der Waals surface area contributed by atoms with Gasteiger partial charge in [0.2, 0.25) is 0 Å². The highest BCUT2D eigenvalue weighted by Gasteiger charge is 2.33. The van der Waals surface area contributed by atoms with Gasteiger partial charge in [-0.3, -0.25) is 0 Å². The van der Waals surface area contributed by atoms with Crippen LogP contribution in [0.3, 0.4) is 0 Å². The van der Waals surface area contributed by atoms with Crippen molar-refractivity contribution < 1.29 is 14.7 Å². The molecule has 2 N–H and O–H groups in total. The van der Waals surface area contributed by atoms with Crippen LogP contribution in [-0.2, 0) is 4.79 Å². The highest BCUT2D eigenvalue weighted by molar-refractivity contribution is 5.83. The number of nitrogens with one attached hydrogen (secondary N) is 1. The van der Waals surface area contributed by atoms with Gasteiger partial charge in [0, 0.05) is 19.6 Å². The Labute approximate surface area is 107 Å². The zero-order valence-electron chi connectivity index (χ0n) is 10.6. The summed E-state index contributed by atoms with van der Waals surface area (Å²) in [6.45, 7) is 4.22. The minimum absolute atomic E-state index is 0.237. The molecular formula is C12H21N3O3. The Morgan fingerprint density at radius 3 is 2.56 bits per heavy atom. The topological polar surface area (TPSA) is 72.9 Å². The number of hydrogen-bond donors (Lipinski definition) is 2. The van der Waals surface area contributed by atoms with E-state index in [0.29, 0.717) is 19.5 Å². The van der Waals surface area contributed by atoms with Gasteiger partial charge in [-0.25, -0.2) is 9.59 Å². The average Bonchev–Trinajstić information content (AvgIpc) is 2.99. The van der Waals surface area contributed by atoms with Crippen molar-refractivity contribution in [3.8, 4) is 0 Å². The van der Waals surface area contributed by atoms with Crippen molar-refractivity contribution in [1.82, 2.24) is 15.1 Å². The van der Waals surface area contributed by atoms with Crippen molar-refractivity contribution in [3.05, 3.63) is 0 Å². The number of amides is 2. The van der Waals surface area contributed by atoms with Gasteiger partial charge in [0.25, 0.3) is 0 Å². The molecule has 0 aromatic carbocycles. The van der Waals surface area contributed by atoms with Crippen LogP contribution < -0.4 is 5.32 Å². The second-order valence-corrected chi connectivity index (χ2v) is 4.97. The maximum absolute atomic E-state index is 11.9.